The van der Waals surface area contributed by atoms with E-state index in [1.54, 1.807) is 48.5 Å². The lowest BCUT2D eigenvalue weighted by molar-refractivity contribution is -0.130. The number of hydrogen-bond donors (Lipinski definition) is 4. The Labute approximate surface area is 221 Å². The number of carbonyl (C=O) groups is 3. The van der Waals surface area contributed by atoms with Crippen molar-refractivity contribution in [2.45, 2.75) is 38.4 Å². The van der Waals surface area contributed by atoms with Crippen molar-refractivity contribution < 1.29 is 24.2 Å². The van der Waals surface area contributed by atoms with Crippen molar-refractivity contribution in [2.24, 2.45) is 0 Å². The van der Waals surface area contributed by atoms with Crippen molar-refractivity contribution in [3.8, 4) is 11.8 Å². The Balaban J connectivity index is 1.73. The Bertz CT molecular complexity index is 1250. The fraction of sp³-hybridized carbons (Fsp3) is 0.241. The predicted octanol–water partition coefficient (Wildman–Crippen LogP) is 3.18. The van der Waals surface area contributed by atoms with Crippen molar-refractivity contribution in [1.29, 1.82) is 5.26 Å². The Hall–Kier alpha value is -4.84. The molecule has 4 N–H and O–H groups in total. The van der Waals surface area contributed by atoms with Gasteiger partial charge in [-0.25, -0.2) is 4.79 Å². The third-order valence-electron chi connectivity index (χ3n) is 5.75. The summed E-state index contributed by atoms with van der Waals surface area (Å²) in [6.45, 7) is 2.59. The van der Waals surface area contributed by atoms with Crippen LogP contribution in [-0.4, -0.2) is 41.7 Å². The molecule has 0 spiro atoms. The maximum Gasteiger partial charge on any atom is 0.405 e. The molecule has 9 heteroatoms. The molecule has 9 nitrogen and oxygen atoms in total. The van der Waals surface area contributed by atoms with E-state index in [2.05, 4.69) is 16.0 Å². The molecule has 3 aromatic carbocycles. The number of nitrogens with one attached hydrogen (secondary N) is 3. The summed E-state index contributed by atoms with van der Waals surface area (Å²) in [6.07, 6.45) is -1.04. The average Bonchev–Trinajstić information content (AvgIpc) is 2.92. The molecule has 0 aliphatic carbocycles. The molecular weight excluding hydrogens is 484 g/mol. The van der Waals surface area contributed by atoms with Gasteiger partial charge in [-0.2, -0.15) is 5.26 Å². The van der Waals surface area contributed by atoms with E-state index in [0.29, 0.717) is 17.9 Å². The molecule has 0 bridgehead atoms. The molecule has 0 aromatic heterocycles. The van der Waals surface area contributed by atoms with E-state index < -0.39 is 30.0 Å². The molecule has 0 fully saturated rings. The highest BCUT2D eigenvalue weighted by atomic mass is 16.5. The highest BCUT2D eigenvalue weighted by Crippen LogP contribution is 2.14. The number of amides is 3. The van der Waals surface area contributed by atoms with Crippen molar-refractivity contribution >= 4 is 17.9 Å². The summed E-state index contributed by atoms with van der Waals surface area (Å²) in [4.78, 5) is 37.8. The van der Waals surface area contributed by atoms with Crippen molar-refractivity contribution in [3.63, 3.8) is 0 Å². The maximum atomic E-state index is 13.2. The van der Waals surface area contributed by atoms with Crippen LogP contribution in [0.3, 0.4) is 0 Å². The number of nitrogens with zero attached hydrogens (tertiary/aromatic N) is 1. The lowest BCUT2D eigenvalue weighted by Crippen LogP contribution is -2.54. The summed E-state index contributed by atoms with van der Waals surface area (Å²) >= 11 is 0. The molecule has 0 aliphatic rings. The largest absolute Gasteiger partial charge is 0.494 e. The van der Waals surface area contributed by atoms with Crippen LogP contribution in [0.25, 0.3) is 0 Å². The maximum absolute atomic E-state index is 13.2. The molecular formula is C29H30N4O5. The van der Waals surface area contributed by atoms with Crippen LogP contribution in [-0.2, 0) is 29.0 Å². The summed E-state index contributed by atoms with van der Waals surface area (Å²) in [5.74, 6) is -0.359. The quantitative estimate of drug-likeness (QED) is 0.293. The standard InChI is InChI=1S/C29H30N4O5/c1-2-38-24-14-12-21(13-15-24)17-26(33-29(36)37)28(35)32-25(16-20-6-4-3-5-7-20)27(34)31-19-23-10-8-22(18-30)9-11-23/h3-15,25-26,33H,2,16-17,19H2,1H3,(H,31,34)(H,32,35)(H,36,37)/t25-,26+/m0/s1. The Morgan fingerprint density at radius 1 is 0.816 bits per heavy atom. The van der Waals surface area contributed by atoms with Gasteiger partial charge in [-0.15, -0.1) is 0 Å². The van der Waals surface area contributed by atoms with Gasteiger partial charge in [0.1, 0.15) is 17.8 Å². The van der Waals surface area contributed by atoms with Crippen LogP contribution in [0.2, 0.25) is 0 Å². The van der Waals surface area contributed by atoms with E-state index in [4.69, 9.17) is 10.00 Å². The minimum Gasteiger partial charge on any atom is -0.494 e. The first-order chi connectivity index (χ1) is 18.4. The molecule has 0 radical (unpaired) electrons. The number of ether oxygens (including phenoxy) is 1. The normalized spacial score (nSPS) is 11.9. The number of carboxylic acid groups (broad SMARTS) is 1. The van der Waals surface area contributed by atoms with Crippen LogP contribution >= 0.6 is 0 Å². The Morgan fingerprint density at radius 3 is 1.97 bits per heavy atom. The molecule has 2 atom stereocenters. The first-order valence-corrected chi connectivity index (χ1v) is 12.2. The van der Waals surface area contributed by atoms with Crippen molar-refractivity contribution in [3.05, 3.63) is 101 Å². The Kier molecular flexibility index (Phi) is 10.3. The van der Waals surface area contributed by atoms with Gasteiger partial charge in [0.25, 0.3) is 0 Å². The van der Waals surface area contributed by atoms with Gasteiger partial charge < -0.3 is 25.8 Å². The van der Waals surface area contributed by atoms with E-state index in [0.717, 1.165) is 16.7 Å². The zero-order valence-corrected chi connectivity index (χ0v) is 21.0. The lowest BCUT2D eigenvalue weighted by atomic mass is 10.0. The minimum atomic E-state index is -1.35. The molecule has 3 aromatic rings. The number of hydrogen-bond acceptors (Lipinski definition) is 5. The number of benzene rings is 3. The van der Waals surface area contributed by atoms with Crippen LogP contribution in [0, 0.1) is 11.3 Å². The van der Waals surface area contributed by atoms with Gasteiger partial charge in [0.15, 0.2) is 0 Å². The molecule has 38 heavy (non-hydrogen) atoms. The summed E-state index contributed by atoms with van der Waals surface area (Å²) in [5.41, 5.74) is 2.87. The molecule has 0 saturated heterocycles. The molecule has 196 valence electrons. The topological polar surface area (TPSA) is 141 Å². The minimum absolute atomic E-state index is 0.0927. The van der Waals surface area contributed by atoms with Gasteiger partial charge in [-0.1, -0.05) is 54.6 Å². The van der Waals surface area contributed by atoms with Gasteiger partial charge in [0.2, 0.25) is 11.8 Å². The van der Waals surface area contributed by atoms with Gasteiger partial charge >= 0.3 is 6.09 Å². The summed E-state index contributed by atoms with van der Waals surface area (Å²) < 4.78 is 5.43. The fourth-order valence-electron chi connectivity index (χ4n) is 3.82. The van der Waals surface area contributed by atoms with Crippen molar-refractivity contribution in [2.75, 3.05) is 6.61 Å². The van der Waals surface area contributed by atoms with Crippen LogP contribution in [0.5, 0.6) is 5.75 Å². The fourth-order valence-corrected chi connectivity index (χ4v) is 3.82. The highest BCUT2D eigenvalue weighted by molar-refractivity contribution is 5.91. The van der Waals surface area contributed by atoms with Gasteiger partial charge in [-0.05, 0) is 47.9 Å². The molecule has 0 aliphatic heterocycles. The van der Waals surface area contributed by atoms with Crippen molar-refractivity contribution in [1.82, 2.24) is 16.0 Å². The first-order valence-electron chi connectivity index (χ1n) is 12.2. The molecule has 0 heterocycles. The highest BCUT2D eigenvalue weighted by Gasteiger charge is 2.27. The second-order valence-corrected chi connectivity index (χ2v) is 8.56. The third kappa shape index (κ3) is 8.68. The van der Waals surface area contributed by atoms with Crippen LogP contribution in [0.1, 0.15) is 29.2 Å². The third-order valence-corrected chi connectivity index (χ3v) is 5.75. The van der Waals surface area contributed by atoms with Crippen LogP contribution in [0.4, 0.5) is 4.79 Å². The van der Waals surface area contributed by atoms with Gasteiger partial charge in [0, 0.05) is 19.4 Å². The SMILES string of the molecule is CCOc1ccc(C[C@@H](NC(=O)O)C(=O)N[C@@H](Cc2ccccc2)C(=O)NCc2ccc(C#N)cc2)cc1. The van der Waals surface area contributed by atoms with Crippen LogP contribution < -0.4 is 20.7 Å². The average molecular weight is 515 g/mol. The summed E-state index contributed by atoms with van der Waals surface area (Å²) in [6, 6.07) is 23.1. The molecule has 0 unspecified atom stereocenters. The summed E-state index contributed by atoms with van der Waals surface area (Å²) in [7, 11) is 0. The number of rotatable bonds is 12. The van der Waals surface area contributed by atoms with Crippen LogP contribution in [0.15, 0.2) is 78.9 Å². The van der Waals surface area contributed by atoms with E-state index in [1.807, 2.05) is 43.3 Å². The number of carbonyl (C=O) groups excluding carboxylic acids is 2. The zero-order chi connectivity index (χ0) is 27.3. The lowest BCUT2D eigenvalue weighted by Gasteiger charge is -2.23. The second-order valence-electron chi connectivity index (χ2n) is 8.56. The smallest absolute Gasteiger partial charge is 0.405 e. The summed E-state index contributed by atoms with van der Waals surface area (Å²) in [5, 5.41) is 26.1. The predicted molar refractivity (Wildman–Crippen MR) is 141 cm³/mol. The van der Waals surface area contributed by atoms with E-state index in [9.17, 15) is 19.5 Å². The molecule has 0 saturated carbocycles. The second kappa shape index (κ2) is 14.0. The zero-order valence-electron chi connectivity index (χ0n) is 21.0. The van der Waals surface area contributed by atoms with E-state index in [1.165, 1.54) is 0 Å². The van der Waals surface area contributed by atoms with E-state index >= 15 is 0 Å². The van der Waals surface area contributed by atoms with Gasteiger partial charge in [-0.3, -0.25) is 9.59 Å². The Morgan fingerprint density at radius 2 is 1.39 bits per heavy atom. The van der Waals surface area contributed by atoms with E-state index in [-0.39, 0.29) is 19.4 Å². The molecule has 3 amide bonds. The first kappa shape index (κ1) is 27.7. The molecule has 3 rings (SSSR count). The monoisotopic (exact) mass is 514 g/mol. The number of nitriles is 1. The van der Waals surface area contributed by atoms with Gasteiger partial charge in [0.05, 0.1) is 18.2 Å².